The van der Waals surface area contributed by atoms with Crippen LogP contribution in [0.2, 0.25) is 0 Å². The second kappa shape index (κ2) is 5.44. The zero-order valence-electron chi connectivity index (χ0n) is 12.3. The highest BCUT2D eigenvalue weighted by Crippen LogP contribution is 2.27. The molecule has 0 aliphatic heterocycles. The summed E-state index contributed by atoms with van der Waals surface area (Å²) in [6, 6.07) is 13.1. The Morgan fingerprint density at radius 1 is 1.14 bits per heavy atom. The highest BCUT2D eigenvalue weighted by molar-refractivity contribution is 5.87. The van der Waals surface area contributed by atoms with Crippen molar-refractivity contribution in [3.63, 3.8) is 0 Å². The number of carboxylic acids is 1. The summed E-state index contributed by atoms with van der Waals surface area (Å²) in [6.07, 6.45) is 1.66. The molecule has 1 N–H and O–H groups in total. The SMILES string of the molecule is Cc1ccc(-c2cc(C(=O)O)nn2-c2ccccn2)c(C)c1. The van der Waals surface area contributed by atoms with Crippen LogP contribution in [0.25, 0.3) is 17.1 Å². The number of aromatic carboxylic acids is 1. The zero-order valence-corrected chi connectivity index (χ0v) is 12.3. The highest BCUT2D eigenvalue weighted by atomic mass is 16.4. The molecule has 0 bridgehead atoms. The van der Waals surface area contributed by atoms with Crippen LogP contribution in [0.1, 0.15) is 21.6 Å². The minimum atomic E-state index is -1.05. The van der Waals surface area contributed by atoms with Gasteiger partial charge in [0.15, 0.2) is 11.5 Å². The maximum Gasteiger partial charge on any atom is 0.356 e. The van der Waals surface area contributed by atoms with Crippen LogP contribution >= 0.6 is 0 Å². The van der Waals surface area contributed by atoms with Crippen LogP contribution in [0.15, 0.2) is 48.7 Å². The van der Waals surface area contributed by atoms with Gasteiger partial charge in [-0.1, -0.05) is 29.8 Å². The average molecular weight is 293 g/mol. The number of aromatic nitrogens is 3. The van der Waals surface area contributed by atoms with Crippen molar-refractivity contribution in [2.45, 2.75) is 13.8 Å². The molecule has 1 aromatic carbocycles. The van der Waals surface area contributed by atoms with Crippen molar-refractivity contribution < 1.29 is 9.90 Å². The van der Waals surface area contributed by atoms with Crippen LogP contribution in [0.4, 0.5) is 0 Å². The van der Waals surface area contributed by atoms with Crippen molar-refractivity contribution in [3.05, 3.63) is 65.5 Å². The van der Waals surface area contributed by atoms with E-state index >= 15 is 0 Å². The number of hydrogen-bond acceptors (Lipinski definition) is 3. The molecule has 0 atom stereocenters. The topological polar surface area (TPSA) is 68.0 Å². The van der Waals surface area contributed by atoms with E-state index in [2.05, 4.69) is 16.1 Å². The predicted molar refractivity (Wildman–Crippen MR) is 83.2 cm³/mol. The van der Waals surface area contributed by atoms with Gasteiger partial charge in [-0.05, 0) is 37.6 Å². The smallest absolute Gasteiger partial charge is 0.356 e. The number of rotatable bonds is 3. The highest BCUT2D eigenvalue weighted by Gasteiger charge is 2.17. The number of carboxylic acid groups (broad SMARTS) is 1. The zero-order chi connectivity index (χ0) is 15.7. The molecule has 3 rings (SSSR count). The van der Waals surface area contributed by atoms with E-state index in [9.17, 15) is 9.90 Å². The van der Waals surface area contributed by atoms with E-state index < -0.39 is 5.97 Å². The summed E-state index contributed by atoms with van der Waals surface area (Å²) in [5.74, 6) is -0.467. The summed E-state index contributed by atoms with van der Waals surface area (Å²) in [5, 5.41) is 13.4. The third kappa shape index (κ3) is 2.48. The van der Waals surface area contributed by atoms with Gasteiger partial charge >= 0.3 is 5.97 Å². The molecule has 5 heteroatoms. The van der Waals surface area contributed by atoms with Gasteiger partial charge < -0.3 is 5.11 Å². The van der Waals surface area contributed by atoms with E-state index in [0.29, 0.717) is 11.5 Å². The third-order valence-corrected chi connectivity index (χ3v) is 3.45. The summed E-state index contributed by atoms with van der Waals surface area (Å²) in [6.45, 7) is 4.02. The van der Waals surface area contributed by atoms with Crippen molar-refractivity contribution >= 4 is 5.97 Å². The summed E-state index contributed by atoms with van der Waals surface area (Å²) < 4.78 is 1.57. The van der Waals surface area contributed by atoms with E-state index in [1.54, 1.807) is 23.0 Å². The number of pyridine rings is 1. The number of aryl methyl sites for hydroxylation is 2. The summed E-state index contributed by atoms with van der Waals surface area (Å²) in [5.41, 5.74) is 3.88. The minimum absolute atomic E-state index is 0.000582. The van der Waals surface area contributed by atoms with Crippen molar-refractivity contribution in [2.75, 3.05) is 0 Å². The molecule has 0 radical (unpaired) electrons. The monoisotopic (exact) mass is 293 g/mol. The number of carbonyl (C=O) groups is 1. The number of nitrogens with zero attached hydrogens (tertiary/aromatic N) is 3. The van der Waals surface area contributed by atoms with Crippen LogP contribution in [-0.4, -0.2) is 25.8 Å². The minimum Gasteiger partial charge on any atom is -0.476 e. The van der Waals surface area contributed by atoms with Crippen LogP contribution in [0.3, 0.4) is 0 Å². The van der Waals surface area contributed by atoms with Gasteiger partial charge in [0.25, 0.3) is 0 Å². The molecule has 22 heavy (non-hydrogen) atoms. The van der Waals surface area contributed by atoms with Gasteiger partial charge in [-0.15, -0.1) is 0 Å². The summed E-state index contributed by atoms with van der Waals surface area (Å²) in [7, 11) is 0. The second-order valence-electron chi connectivity index (χ2n) is 5.14. The summed E-state index contributed by atoms with van der Waals surface area (Å²) >= 11 is 0. The van der Waals surface area contributed by atoms with Crippen LogP contribution in [-0.2, 0) is 0 Å². The Balaban J connectivity index is 2.24. The molecule has 110 valence electrons. The second-order valence-corrected chi connectivity index (χ2v) is 5.14. The molecule has 0 saturated heterocycles. The molecule has 0 aliphatic rings. The fourth-order valence-corrected chi connectivity index (χ4v) is 2.43. The lowest BCUT2D eigenvalue weighted by Crippen LogP contribution is -2.04. The Labute approximate surface area is 127 Å². The number of hydrogen-bond donors (Lipinski definition) is 1. The Morgan fingerprint density at radius 2 is 1.95 bits per heavy atom. The molecule has 0 fully saturated rings. The molecule has 2 heterocycles. The first-order valence-electron chi connectivity index (χ1n) is 6.88. The van der Waals surface area contributed by atoms with Gasteiger partial charge in [0.05, 0.1) is 5.69 Å². The lowest BCUT2D eigenvalue weighted by atomic mass is 10.0. The van der Waals surface area contributed by atoms with Gasteiger partial charge in [0.2, 0.25) is 0 Å². The van der Waals surface area contributed by atoms with Gasteiger partial charge in [0.1, 0.15) is 0 Å². The summed E-state index contributed by atoms with van der Waals surface area (Å²) in [4.78, 5) is 15.5. The Hall–Kier alpha value is -2.95. The molecule has 0 unspecified atom stereocenters. The lowest BCUT2D eigenvalue weighted by molar-refractivity contribution is 0.0690. The molecule has 0 spiro atoms. The van der Waals surface area contributed by atoms with Gasteiger partial charge in [0, 0.05) is 11.8 Å². The number of benzene rings is 1. The van der Waals surface area contributed by atoms with Crippen molar-refractivity contribution in [1.82, 2.24) is 14.8 Å². The Bertz CT molecular complexity index is 838. The van der Waals surface area contributed by atoms with E-state index in [-0.39, 0.29) is 5.69 Å². The Morgan fingerprint density at radius 3 is 2.59 bits per heavy atom. The van der Waals surface area contributed by atoms with Crippen molar-refractivity contribution in [3.8, 4) is 17.1 Å². The quantitative estimate of drug-likeness (QED) is 0.805. The Kier molecular flexibility index (Phi) is 3.47. The van der Waals surface area contributed by atoms with Crippen LogP contribution in [0.5, 0.6) is 0 Å². The van der Waals surface area contributed by atoms with Crippen molar-refractivity contribution in [1.29, 1.82) is 0 Å². The standard InChI is InChI=1S/C17H15N3O2/c1-11-6-7-13(12(2)9-11)15-10-14(17(21)22)19-20(15)16-5-3-4-8-18-16/h3-10H,1-2H3,(H,21,22). The van der Waals surface area contributed by atoms with Gasteiger partial charge in [-0.3, -0.25) is 0 Å². The van der Waals surface area contributed by atoms with E-state index in [1.807, 2.05) is 38.1 Å². The van der Waals surface area contributed by atoms with E-state index in [4.69, 9.17) is 0 Å². The lowest BCUT2D eigenvalue weighted by Gasteiger charge is -2.09. The van der Waals surface area contributed by atoms with Gasteiger partial charge in [-0.2, -0.15) is 5.10 Å². The fraction of sp³-hybridized carbons (Fsp3) is 0.118. The first kappa shape index (κ1) is 14.0. The van der Waals surface area contributed by atoms with E-state index in [1.165, 1.54) is 0 Å². The molecule has 0 amide bonds. The van der Waals surface area contributed by atoms with Crippen LogP contribution < -0.4 is 0 Å². The van der Waals surface area contributed by atoms with E-state index in [0.717, 1.165) is 16.7 Å². The fourth-order valence-electron chi connectivity index (χ4n) is 2.43. The maximum absolute atomic E-state index is 11.3. The normalized spacial score (nSPS) is 10.6. The third-order valence-electron chi connectivity index (χ3n) is 3.45. The molecule has 2 aromatic heterocycles. The first-order valence-corrected chi connectivity index (χ1v) is 6.88. The largest absolute Gasteiger partial charge is 0.476 e. The first-order chi connectivity index (χ1) is 10.6. The predicted octanol–water partition coefficient (Wildman–Crippen LogP) is 3.25. The molecule has 0 saturated carbocycles. The molecule has 0 aliphatic carbocycles. The molecule has 5 nitrogen and oxygen atoms in total. The van der Waals surface area contributed by atoms with Gasteiger partial charge in [-0.25, -0.2) is 14.5 Å². The molecule has 3 aromatic rings. The average Bonchev–Trinajstić information content (AvgIpc) is 2.93. The molecular weight excluding hydrogens is 278 g/mol. The van der Waals surface area contributed by atoms with Crippen LogP contribution in [0, 0.1) is 13.8 Å². The maximum atomic E-state index is 11.3. The molecular formula is C17H15N3O2. The van der Waals surface area contributed by atoms with Crippen molar-refractivity contribution in [2.24, 2.45) is 0 Å².